The van der Waals surface area contributed by atoms with E-state index in [4.69, 9.17) is 0 Å². The van der Waals surface area contributed by atoms with Crippen molar-refractivity contribution in [2.24, 2.45) is 0 Å². The van der Waals surface area contributed by atoms with Crippen LogP contribution in [-0.4, -0.2) is 22.4 Å². The molecule has 10 rings (SSSR count). The van der Waals surface area contributed by atoms with E-state index in [-0.39, 0.29) is 24.0 Å². The van der Waals surface area contributed by atoms with Crippen LogP contribution >= 0.6 is 0 Å². The van der Waals surface area contributed by atoms with Crippen LogP contribution in [0.1, 0.15) is 81.0 Å². The fourth-order valence-electron chi connectivity index (χ4n) is 7.21. The van der Waals surface area contributed by atoms with Crippen LogP contribution in [0.25, 0.3) is 0 Å². The van der Waals surface area contributed by atoms with Crippen LogP contribution in [0.4, 0.5) is 0 Å². The molecule has 0 fully saturated rings. The average Bonchev–Trinajstić information content (AvgIpc) is 2.89. The molecule has 6 aliphatic rings. The summed E-state index contributed by atoms with van der Waals surface area (Å²) in [6.07, 6.45) is 1.31. The lowest BCUT2D eigenvalue weighted by atomic mass is 9.62. The van der Waals surface area contributed by atoms with Crippen LogP contribution in [0.5, 0.6) is 0 Å². The minimum absolute atomic E-state index is 0.187. The summed E-state index contributed by atoms with van der Waals surface area (Å²) in [6, 6.07) is 34.3. The van der Waals surface area contributed by atoms with Gasteiger partial charge in [-0.1, -0.05) is 97.1 Å². The summed E-state index contributed by atoms with van der Waals surface area (Å²) in [7, 11) is 0. The monoisotopic (exact) mass is 444 g/mol. The first-order valence-electron chi connectivity index (χ1n) is 12.4. The zero-order chi connectivity index (χ0) is 22.8. The first-order chi connectivity index (χ1) is 16.7. The van der Waals surface area contributed by atoms with Gasteiger partial charge in [0, 0.05) is 23.7 Å². The fraction of sp³-hybridized carbons (Fsp3) is 0.250. The molecule has 0 unspecified atom stereocenters. The number of hydrogen-bond donors (Lipinski definition) is 2. The predicted molar refractivity (Wildman–Crippen MR) is 134 cm³/mol. The Morgan fingerprint density at radius 2 is 0.618 bits per heavy atom. The molecule has 0 aliphatic heterocycles. The highest BCUT2D eigenvalue weighted by molar-refractivity contribution is 5.57. The minimum atomic E-state index is -0.218. The Labute approximate surface area is 200 Å². The maximum atomic E-state index is 10.3. The molecule has 0 radical (unpaired) electrons. The van der Waals surface area contributed by atoms with Crippen molar-refractivity contribution in [2.75, 3.05) is 0 Å². The van der Waals surface area contributed by atoms with E-state index >= 15 is 0 Å². The van der Waals surface area contributed by atoms with Gasteiger partial charge in [-0.05, 0) is 57.3 Å². The molecule has 4 aromatic carbocycles. The summed E-state index contributed by atoms with van der Waals surface area (Å²) in [5, 5.41) is 20.6. The molecule has 0 aromatic heterocycles. The molecular formula is C32H28O2. The van der Waals surface area contributed by atoms with Crippen molar-refractivity contribution in [1.29, 1.82) is 0 Å². The molecule has 34 heavy (non-hydrogen) atoms. The van der Waals surface area contributed by atoms with Gasteiger partial charge in [-0.15, -0.1) is 0 Å². The molecule has 2 atom stereocenters. The highest BCUT2D eigenvalue weighted by Crippen LogP contribution is 2.53. The summed E-state index contributed by atoms with van der Waals surface area (Å²) in [5.41, 5.74) is 11.0. The largest absolute Gasteiger partial charge is 0.392 e. The maximum Gasteiger partial charge on any atom is 0.0658 e. The van der Waals surface area contributed by atoms with Crippen LogP contribution in [0.15, 0.2) is 97.1 Å². The highest BCUT2D eigenvalue weighted by atomic mass is 16.3. The molecule has 0 saturated heterocycles. The van der Waals surface area contributed by atoms with Gasteiger partial charge in [0.1, 0.15) is 0 Å². The van der Waals surface area contributed by atoms with Gasteiger partial charge in [0.25, 0.3) is 0 Å². The Morgan fingerprint density at radius 3 is 0.882 bits per heavy atom. The third kappa shape index (κ3) is 2.82. The molecule has 0 spiro atoms. The normalized spacial score (nSPS) is 28.6. The first kappa shape index (κ1) is 20.2. The van der Waals surface area contributed by atoms with Crippen LogP contribution in [0.3, 0.4) is 0 Å². The number of rotatable bonds is 0. The molecule has 0 amide bonds. The summed E-state index contributed by atoms with van der Waals surface area (Å²) in [5.74, 6) is 1.16. The quantitative estimate of drug-likeness (QED) is 0.346. The molecule has 2 heteroatoms. The molecular weight excluding hydrogens is 416 g/mol. The smallest absolute Gasteiger partial charge is 0.0658 e. The average molecular weight is 445 g/mol. The van der Waals surface area contributed by atoms with E-state index in [1.54, 1.807) is 0 Å². The topological polar surface area (TPSA) is 40.5 Å². The van der Waals surface area contributed by atoms with Crippen LogP contribution < -0.4 is 0 Å². The number of aliphatic hydroxyl groups excluding tert-OH is 2. The van der Waals surface area contributed by atoms with Gasteiger partial charge in [-0.25, -0.2) is 0 Å². The first-order valence-corrected chi connectivity index (χ1v) is 12.4. The van der Waals surface area contributed by atoms with E-state index in [1.807, 2.05) is 0 Å². The molecule has 4 aromatic rings. The molecule has 2 N–H and O–H groups in total. The second kappa shape index (κ2) is 7.66. The Kier molecular flexibility index (Phi) is 4.55. The van der Waals surface area contributed by atoms with E-state index in [2.05, 4.69) is 97.1 Å². The van der Waals surface area contributed by atoms with Crippen molar-refractivity contribution in [3.63, 3.8) is 0 Å². The zero-order valence-electron chi connectivity index (χ0n) is 19.0. The van der Waals surface area contributed by atoms with Crippen LogP contribution in [0, 0.1) is 0 Å². The lowest BCUT2D eigenvalue weighted by Gasteiger charge is -2.43. The molecule has 6 aliphatic carbocycles. The van der Waals surface area contributed by atoms with E-state index in [9.17, 15) is 10.2 Å². The van der Waals surface area contributed by atoms with Crippen LogP contribution in [-0.2, 0) is 0 Å². The molecule has 168 valence electrons. The van der Waals surface area contributed by atoms with E-state index in [0.717, 1.165) is 12.8 Å². The third-order valence-electron chi connectivity index (χ3n) is 8.55. The summed E-state index contributed by atoms with van der Waals surface area (Å²) in [4.78, 5) is 0. The third-order valence-corrected chi connectivity index (χ3v) is 8.55. The van der Waals surface area contributed by atoms with Crippen molar-refractivity contribution in [2.45, 2.75) is 48.7 Å². The van der Waals surface area contributed by atoms with E-state index < -0.39 is 0 Å². The summed E-state index contributed by atoms with van der Waals surface area (Å²) in [6.45, 7) is 0. The Morgan fingerprint density at radius 1 is 0.382 bits per heavy atom. The molecule has 2 nitrogen and oxygen atoms in total. The lowest BCUT2D eigenvalue weighted by molar-refractivity contribution is 0.123. The van der Waals surface area contributed by atoms with Gasteiger partial charge in [-0.2, -0.15) is 0 Å². The number of aliphatic hydroxyl groups is 2. The zero-order valence-corrected chi connectivity index (χ0v) is 19.0. The number of benzene rings is 4. The Balaban J connectivity index is 0.000000118. The van der Waals surface area contributed by atoms with Crippen molar-refractivity contribution in [1.82, 2.24) is 0 Å². The van der Waals surface area contributed by atoms with Crippen molar-refractivity contribution < 1.29 is 10.2 Å². The second-order valence-electron chi connectivity index (χ2n) is 10.2. The Hall–Kier alpha value is -3.20. The SMILES string of the molecule is O[C@@H]1CC2c3ccccc3C1c1ccccc12.O[C@H]1CC2c3ccccc3C1c1ccccc12. The van der Waals surface area contributed by atoms with Gasteiger partial charge in [-0.3, -0.25) is 0 Å². The Bertz CT molecular complexity index is 1190. The van der Waals surface area contributed by atoms with Gasteiger partial charge in [0.2, 0.25) is 0 Å². The van der Waals surface area contributed by atoms with Crippen molar-refractivity contribution >= 4 is 0 Å². The highest BCUT2D eigenvalue weighted by Gasteiger charge is 2.43. The number of fused-ring (bicyclic) bond motifs is 2. The minimum Gasteiger partial charge on any atom is -0.392 e. The summed E-state index contributed by atoms with van der Waals surface area (Å²) >= 11 is 0. The van der Waals surface area contributed by atoms with Crippen molar-refractivity contribution in [3.05, 3.63) is 142 Å². The van der Waals surface area contributed by atoms with Gasteiger partial charge in [0.05, 0.1) is 12.2 Å². The molecule has 4 bridgehead atoms. The van der Waals surface area contributed by atoms with E-state index in [0.29, 0.717) is 11.8 Å². The summed E-state index contributed by atoms with van der Waals surface area (Å²) < 4.78 is 0. The standard InChI is InChI=1S/2C16H14O/c2*17-15-9-14-10-5-1-3-7-12(10)16(15)13-8-4-2-6-11(13)14/h2*1-8,14-17H,9H2/t2*14?,15-,16?/m10/s1. The lowest BCUT2D eigenvalue weighted by Crippen LogP contribution is -2.35. The predicted octanol–water partition coefficient (Wildman–Crippen LogP) is 6.06. The van der Waals surface area contributed by atoms with Gasteiger partial charge >= 0.3 is 0 Å². The molecule has 0 saturated carbocycles. The molecule has 0 heterocycles. The van der Waals surface area contributed by atoms with Crippen molar-refractivity contribution in [3.8, 4) is 0 Å². The van der Waals surface area contributed by atoms with Gasteiger partial charge in [0.15, 0.2) is 0 Å². The van der Waals surface area contributed by atoms with E-state index in [1.165, 1.54) is 44.5 Å². The maximum absolute atomic E-state index is 10.3. The van der Waals surface area contributed by atoms with Crippen LogP contribution in [0.2, 0.25) is 0 Å². The number of hydrogen-bond acceptors (Lipinski definition) is 2. The van der Waals surface area contributed by atoms with Gasteiger partial charge < -0.3 is 10.2 Å². The fourth-order valence-corrected chi connectivity index (χ4v) is 7.21. The second-order valence-corrected chi connectivity index (χ2v) is 10.2.